The zero-order chi connectivity index (χ0) is 15.1. The van der Waals surface area contributed by atoms with E-state index in [1.807, 2.05) is 12.1 Å². The molecule has 0 bridgehead atoms. The summed E-state index contributed by atoms with van der Waals surface area (Å²) in [4.78, 5) is 12.3. The average molecular weight is 292 g/mol. The van der Waals surface area contributed by atoms with E-state index >= 15 is 0 Å². The van der Waals surface area contributed by atoms with Crippen molar-refractivity contribution in [1.82, 2.24) is 0 Å². The smallest absolute Gasteiger partial charge is 0.150 e. The van der Waals surface area contributed by atoms with Gasteiger partial charge in [-0.15, -0.1) is 0 Å². The van der Waals surface area contributed by atoms with Crippen molar-refractivity contribution in [3.63, 3.8) is 0 Å². The fourth-order valence-electron chi connectivity index (χ4n) is 2.94. The van der Waals surface area contributed by atoms with Crippen LogP contribution in [0.15, 0.2) is 24.3 Å². The minimum Gasteiger partial charge on any atom is -0.494 e. The van der Waals surface area contributed by atoms with E-state index in [1.165, 1.54) is 6.54 Å². The lowest BCUT2D eigenvalue weighted by molar-refractivity contribution is -0.915. The number of ether oxygens (including phenoxy) is 2. The summed E-state index contributed by atoms with van der Waals surface area (Å²) in [5.41, 5.74) is 0.660. The van der Waals surface area contributed by atoms with E-state index in [4.69, 9.17) is 9.47 Å². The summed E-state index contributed by atoms with van der Waals surface area (Å²) in [7, 11) is 0. The van der Waals surface area contributed by atoms with Gasteiger partial charge in [0.1, 0.15) is 37.3 Å². The molecule has 0 unspecified atom stereocenters. The molecule has 1 saturated heterocycles. The molecule has 0 amide bonds. The van der Waals surface area contributed by atoms with Gasteiger partial charge in [-0.2, -0.15) is 0 Å². The third-order valence-corrected chi connectivity index (χ3v) is 3.80. The van der Waals surface area contributed by atoms with E-state index in [9.17, 15) is 4.79 Å². The van der Waals surface area contributed by atoms with Gasteiger partial charge in [-0.3, -0.25) is 4.79 Å². The van der Waals surface area contributed by atoms with Crippen LogP contribution in [0.1, 0.15) is 37.0 Å². The fourth-order valence-corrected chi connectivity index (χ4v) is 2.94. The monoisotopic (exact) mass is 292 g/mol. The van der Waals surface area contributed by atoms with Crippen LogP contribution >= 0.6 is 0 Å². The maximum absolute atomic E-state index is 10.7. The third kappa shape index (κ3) is 5.48. The molecule has 4 heteroatoms. The second kappa shape index (κ2) is 8.15. The molecule has 1 N–H and O–H groups in total. The first-order valence-electron chi connectivity index (χ1n) is 7.84. The van der Waals surface area contributed by atoms with Crippen molar-refractivity contribution in [2.45, 2.75) is 38.9 Å². The highest BCUT2D eigenvalue weighted by molar-refractivity contribution is 5.75. The molecule has 1 aliphatic rings. The highest BCUT2D eigenvalue weighted by atomic mass is 16.5. The van der Waals surface area contributed by atoms with Crippen LogP contribution in [0.25, 0.3) is 0 Å². The topological polar surface area (TPSA) is 40.0 Å². The maximum atomic E-state index is 10.7. The normalized spacial score (nSPS) is 25.5. The molecule has 1 aliphatic heterocycles. The lowest BCUT2D eigenvalue weighted by atomic mass is 10.2. The Morgan fingerprint density at radius 1 is 1.29 bits per heavy atom. The molecule has 1 aromatic carbocycles. The molecule has 0 aliphatic carbocycles. The second-order valence-corrected chi connectivity index (χ2v) is 5.91. The first-order valence-corrected chi connectivity index (χ1v) is 7.84. The van der Waals surface area contributed by atoms with Crippen LogP contribution in [0.2, 0.25) is 0 Å². The number of unbranched alkanes of at least 4 members (excludes halogenated alkanes) is 1. The van der Waals surface area contributed by atoms with Crippen LogP contribution in [-0.2, 0) is 4.74 Å². The quantitative estimate of drug-likeness (QED) is 0.609. The van der Waals surface area contributed by atoms with Crippen molar-refractivity contribution >= 4 is 6.29 Å². The molecule has 4 nitrogen and oxygen atoms in total. The summed E-state index contributed by atoms with van der Waals surface area (Å²) >= 11 is 0. The Bertz CT molecular complexity index is 439. The lowest BCUT2D eigenvalue weighted by Gasteiger charge is -2.32. The second-order valence-electron chi connectivity index (χ2n) is 5.91. The minimum atomic E-state index is 0.367. The molecule has 0 saturated carbocycles. The van der Waals surface area contributed by atoms with Crippen LogP contribution in [0.3, 0.4) is 0 Å². The number of quaternary nitrogens is 1. The fraction of sp³-hybridized carbons (Fsp3) is 0.588. The zero-order valence-electron chi connectivity index (χ0n) is 13.0. The van der Waals surface area contributed by atoms with E-state index in [0.29, 0.717) is 24.4 Å². The Balaban J connectivity index is 1.62. The first kappa shape index (κ1) is 16.0. The predicted octanol–water partition coefficient (Wildman–Crippen LogP) is 1.35. The zero-order valence-corrected chi connectivity index (χ0v) is 13.0. The summed E-state index contributed by atoms with van der Waals surface area (Å²) in [5, 5.41) is 0. The number of aldehydes is 1. The standard InChI is InChI=1S/C17H25NO3/c1-14-11-18(12-15(2)21-14)8-3-4-9-20-17-7-5-6-16(10-17)13-19/h5-7,10,13-15H,3-4,8-9,11-12H2,1-2H3/p+1/t14-,15-/m0/s1. The van der Waals surface area contributed by atoms with Crippen molar-refractivity contribution in [1.29, 1.82) is 0 Å². The van der Waals surface area contributed by atoms with Crippen LogP contribution in [0.4, 0.5) is 0 Å². The Hall–Kier alpha value is -1.39. The van der Waals surface area contributed by atoms with Gasteiger partial charge in [0.05, 0.1) is 13.2 Å². The number of hydrogen-bond donors (Lipinski definition) is 1. The van der Waals surface area contributed by atoms with E-state index < -0.39 is 0 Å². The average Bonchev–Trinajstić information content (AvgIpc) is 2.46. The van der Waals surface area contributed by atoms with Gasteiger partial charge in [0.25, 0.3) is 0 Å². The Morgan fingerprint density at radius 2 is 2.05 bits per heavy atom. The number of hydrogen-bond acceptors (Lipinski definition) is 3. The molecule has 21 heavy (non-hydrogen) atoms. The van der Waals surface area contributed by atoms with E-state index in [2.05, 4.69) is 13.8 Å². The molecule has 1 heterocycles. The molecule has 2 rings (SSSR count). The van der Waals surface area contributed by atoms with Crippen molar-refractivity contribution in [3.05, 3.63) is 29.8 Å². The molecule has 0 radical (unpaired) electrons. The largest absolute Gasteiger partial charge is 0.494 e. The molecular formula is C17H26NO3+. The van der Waals surface area contributed by atoms with Crippen LogP contribution < -0.4 is 9.64 Å². The predicted molar refractivity (Wildman–Crippen MR) is 82.1 cm³/mol. The van der Waals surface area contributed by atoms with Gasteiger partial charge in [-0.05, 0) is 38.8 Å². The molecule has 1 aromatic rings. The Labute approximate surface area is 127 Å². The van der Waals surface area contributed by atoms with Crippen molar-refractivity contribution in [2.24, 2.45) is 0 Å². The van der Waals surface area contributed by atoms with E-state index in [0.717, 1.165) is 38.0 Å². The molecule has 116 valence electrons. The summed E-state index contributed by atoms with van der Waals surface area (Å²) in [6, 6.07) is 7.30. The van der Waals surface area contributed by atoms with Gasteiger partial charge in [0, 0.05) is 5.56 Å². The van der Waals surface area contributed by atoms with E-state index in [1.54, 1.807) is 17.0 Å². The summed E-state index contributed by atoms with van der Waals surface area (Å²) in [5.74, 6) is 0.778. The molecule has 1 fully saturated rings. The Kier molecular flexibility index (Phi) is 6.21. The molecule has 0 aromatic heterocycles. The van der Waals surface area contributed by atoms with Crippen LogP contribution in [-0.4, -0.2) is 44.7 Å². The molecule has 2 atom stereocenters. The highest BCUT2D eigenvalue weighted by Crippen LogP contribution is 2.12. The number of carbonyl (C=O) groups excluding carboxylic acids is 1. The lowest BCUT2D eigenvalue weighted by Crippen LogP contribution is -3.15. The minimum absolute atomic E-state index is 0.367. The van der Waals surface area contributed by atoms with Crippen LogP contribution in [0, 0.1) is 0 Å². The maximum Gasteiger partial charge on any atom is 0.150 e. The summed E-state index contributed by atoms with van der Waals surface area (Å²) in [6.07, 6.45) is 3.77. The van der Waals surface area contributed by atoms with Crippen molar-refractivity contribution in [3.8, 4) is 5.75 Å². The number of benzene rings is 1. The van der Waals surface area contributed by atoms with Gasteiger partial charge < -0.3 is 14.4 Å². The van der Waals surface area contributed by atoms with Gasteiger partial charge in [0.2, 0.25) is 0 Å². The first-order chi connectivity index (χ1) is 10.2. The highest BCUT2D eigenvalue weighted by Gasteiger charge is 2.24. The van der Waals surface area contributed by atoms with Gasteiger partial charge in [0.15, 0.2) is 0 Å². The summed E-state index contributed by atoms with van der Waals surface area (Å²) in [6.45, 7) is 8.39. The SMILES string of the molecule is C[C@H]1C[NH+](CCCCOc2cccc(C=O)c2)C[C@H](C)O1. The van der Waals surface area contributed by atoms with Crippen molar-refractivity contribution < 1.29 is 19.2 Å². The van der Waals surface area contributed by atoms with Crippen molar-refractivity contribution in [2.75, 3.05) is 26.2 Å². The number of nitrogens with one attached hydrogen (secondary N) is 1. The number of rotatable bonds is 7. The van der Waals surface area contributed by atoms with Gasteiger partial charge in [-0.1, -0.05) is 12.1 Å². The number of morpholine rings is 1. The Morgan fingerprint density at radius 3 is 2.76 bits per heavy atom. The molecular weight excluding hydrogens is 266 g/mol. The van der Waals surface area contributed by atoms with Gasteiger partial charge >= 0.3 is 0 Å². The third-order valence-electron chi connectivity index (χ3n) is 3.80. The summed E-state index contributed by atoms with van der Waals surface area (Å²) < 4.78 is 11.4. The van der Waals surface area contributed by atoms with Gasteiger partial charge in [-0.25, -0.2) is 0 Å². The van der Waals surface area contributed by atoms with E-state index in [-0.39, 0.29) is 0 Å². The van der Waals surface area contributed by atoms with Crippen LogP contribution in [0.5, 0.6) is 5.75 Å². The molecule has 0 spiro atoms. The number of carbonyl (C=O) groups is 1.